The van der Waals surface area contributed by atoms with Crippen molar-refractivity contribution in [2.24, 2.45) is 7.05 Å². The third-order valence-electron chi connectivity index (χ3n) is 4.00. The van der Waals surface area contributed by atoms with Gasteiger partial charge in [0.1, 0.15) is 5.82 Å². The van der Waals surface area contributed by atoms with Gasteiger partial charge in [-0.2, -0.15) is 18.3 Å². The molecule has 3 rings (SSSR count). The van der Waals surface area contributed by atoms with Crippen LogP contribution in [0.1, 0.15) is 21.6 Å². The van der Waals surface area contributed by atoms with E-state index in [1.54, 1.807) is 37.3 Å². The van der Waals surface area contributed by atoms with Crippen LogP contribution >= 0.6 is 0 Å². The van der Waals surface area contributed by atoms with Crippen molar-refractivity contribution in [1.29, 1.82) is 0 Å². The number of amides is 1. The molecule has 27 heavy (non-hydrogen) atoms. The first-order valence-electron chi connectivity index (χ1n) is 7.94. The number of nitrogens with one attached hydrogen (secondary N) is 1. The van der Waals surface area contributed by atoms with Crippen molar-refractivity contribution in [3.63, 3.8) is 0 Å². The van der Waals surface area contributed by atoms with E-state index < -0.39 is 29.2 Å². The molecule has 1 amide bonds. The van der Waals surface area contributed by atoms with E-state index in [4.69, 9.17) is 0 Å². The number of carbonyl (C=O) groups is 1. The molecule has 2 aromatic carbocycles. The normalized spacial score (nSPS) is 11.5. The fraction of sp³-hybridized carbons (Fsp3) is 0.158. The molecule has 1 aromatic heterocycles. The molecule has 0 radical (unpaired) electrons. The average molecular weight is 377 g/mol. The number of hydrogen-bond acceptors (Lipinski definition) is 2. The van der Waals surface area contributed by atoms with Crippen LogP contribution < -0.4 is 5.32 Å². The topological polar surface area (TPSA) is 46.9 Å². The van der Waals surface area contributed by atoms with E-state index in [1.807, 2.05) is 0 Å². The average Bonchev–Trinajstić information content (AvgIpc) is 2.99. The summed E-state index contributed by atoms with van der Waals surface area (Å²) in [6, 6.07) is 10.7. The minimum Gasteiger partial charge on any atom is -0.321 e. The van der Waals surface area contributed by atoms with Crippen LogP contribution in [0.4, 0.5) is 23.2 Å². The summed E-state index contributed by atoms with van der Waals surface area (Å²) in [6.07, 6.45) is -3.73. The quantitative estimate of drug-likeness (QED) is 0.666. The second-order valence-corrected chi connectivity index (χ2v) is 6.02. The number of aryl methyl sites for hydroxylation is 2. The Hall–Kier alpha value is -3.16. The summed E-state index contributed by atoms with van der Waals surface area (Å²) in [5.74, 6) is -1.34. The SMILES string of the molecule is Cc1cccc(NC(=O)c2cn(C)nc2C(F)(F)F)c1-c1ccc(F)cc1. The fourth-order valence-corrected chi connectivity index (χ4v) is 2.83. The molecular weight excluding hydrogens is 362 g/mol. The Kier molecular flexibility index (Phi) is 4.73. The number of anilines is 1. The van der Waals surface area contributed by atoms with Crippen LogP contribution in [0.2, 0.25) is 0 Å². The third kappa shape index (κ3) is 3.84. The molecule has 0 unspecified atom stereocenters. The lowest BCUT2D eigenvalue weighted by Crippen LogP contribution is -2.18. The lowest BCUT2D eigenvalue weighted by Gasteiger charge is -2.14. The van der Waals surface area contributed by atoms with Gasteiger partial charge in [-0.05, 0) is 36.2 Å². The fourth-order valence-electron chi connectivity index (χ4n) is 2.83. The van der Waals surface area contributed by atoms with Gasteiger partial charge in [-0.3, -0.25) is 9.48 Å². The van der Waals surface area contributed by atoms with Gasteiger partial charge >= 0.3 is 6.18 Å². The van der Waals surface area contributed by atoms with Crippen molar-refractivity contribution in [1.82, 2.24) is 9.78 Å². The zero-order chi connectivity index (χ0) is 19.8. The molecule has 0 aliphatic heterocycles. The molecule has 1 N–H and O–H groups in total. The molecule has 1 heterocycles. The van der Waals surface area contributed by atoms with Crippen molar-refractivity contribution in [3.8, 4) is 11.1 Å². The van der Waals surface area contributed by atoms with Crippen LogP contribution in [0.15, 0.2) is 48.7 Å². The van der Waals surface area contributed by atoms with Crippen LogP contribution in [-0.4, -0.2) is 15.7 Å². The Bertz CT molecular complexity index is 991. The molecular formula is C19H15F4N3O. The van der Waals surface area contributed by atoms with Crippen molar-refractivity contribution in [2.45, 2.75) is 13.1 Å². The van der Waals surface area contributed by atoms with Crippen LogP contribution in [0.25, 0.3) is 11.1 Å². The summed E-state index contributed by atoms with van der Waals surface area (Å²) in [5.41, 5.74) is 0.510. The van der Waals surface area contributed by atoms with E-state index >= 15 is 0 Å². The Morgan fingerprint density at radius 1 is 1.11 bits per heavy atom. The molecule has 0 aliphatic carbocycles. The van der Waals surface area contributed by atoms with Crippen molar-refractivity contribution >= 4 is 11.6 Å². The molecule has 0 saturated heterocycles. The molecule has 0 bridgehead atoms. The maximum Gasteiger partial charge on any atom is 0.435 e. The van der Waals surface area contributed by atoms with Gasteiger partial charge in [-0.25, -0.2) is 4.39 Å². The van der Waals surface area contributed by atoms with Gasteiger partial charge in [0.2, 0.25) is 0 Å². The minimum atomic E-state index is -4.75. The van der Waals surface area contributed by atoms with E-state index in [0.29, 0.717) is 16.8 Å². The number of nitrogens with zero attached hydrogens (tertiary/aromatic N) is 2. The molecule has 8 heteroatoms. The summed E-state index contributed by atoms with van der Waals surface area (Å²) < 4.78 is 53.5. The summed E-state index contributed by atoms with van der Waals surface area (Å²) >= 11 is 0. The number of benzene rings is 2. The van der Waals surface area contributed by atoms with Crippen molar-refractivity contribution in [2.75, 3.05) is 5.32 Å². The number of hydrogen-bond donors (Lipinski definition) is 1. The number of rotatable bonds is 3. The monoisotopic (exact) mass is 377 g/mol. The zero-order valence-corrected chi connectivity index (χ0v) is 14.4. The van der Waals surface area contributed by atoms with Crippen LogP contribution in [0.3, 0.4) is 0 Å². The van der Waals surface area contributed by atoms with Crippen LogP contribution in [0, 0.1) is 12.7 Å². The number of carbonyl (C=O) groups excluding carboxylic acids is 1. The highest BCUT2D eigenvalue weighted by molar-refractivity contribution is 6.07. The number of alkyl halides is 3. The first-order chi connectivity index (χ1) is 12.7. The molecule has 0 saturated carbocycles. The predicted octanol–water partition coefficient (Wildman–Crippen LogP) is 4.81. The lowest BCUT2D eigenvalue weighted by molar-refractivity contribution is -0.141. The molecule has 4 nitrogen and oxygen atoms in total. The highest BCUT2D eigenvalue weighted by atomic mass is 19.4. The third-order valence-corrected chi connectivity index (χ3v) is 4.00. The first kappa shape index (κ1) is 18.6. The van der Waals surface area contributed by atoms with Gasteiger partial charge in [-0.1, -0.05) is 24.3 Å². The smallest absolute Gasteiger partial charge is 0.321 e. The maximum atomic E-state index is 13.2. The lowest BCUT2D eigenvalue weighted by atomic mass is 9.98. The molecule has 0 atom stereocenters. The Morgan fingerprint density at radius 3 is 2.41 bits per heavy atom. The predicted molar refractivity (Wildman–Crippen MR) is 92.7 cm³/mol. The molecule has 0 aliphatic rings. The van der Waals surface area contributed by atoms with Gasteiger partial charge < -0.3 is 5.32 Å². The Morgan fingerprint density at radius 2 is 1.78 bits per heavy atom. The second kappa shape index (κ2) is 6.86. The van der Waals surface area contributed by atoms with Crippen LogP contribution in [0.5, 0.6) is 0 Å². The summed E-state index contributed by atoms with van der Waals surface area (Å²) in [6.45, 7) is 1.79. The van der Waals surface area contributed by atoms with E-state index in [9.17, 15) is 22.4 Å². The number of aromatic nitrogens is 2. The second-order valence-electron chi connectivity index (χ2n) is 6.02. The Balaban J connectivity index is 2.01. The van der Waals surface area contributed by atoms with Gasteiger partial charge in [-0.15, -0.1) is 0 Å². The summed E-state index contributed by atoms with van der Waals surface area (Å²) in [7, 11) is 1.31. The molecule has 3 aromatic rings. The highest BCUT2D eigenvalue weighted by Crippen LogP contribution is 2.34. The van der Waals surface area contributed by atoms with Gasteiger partial charge in [0.25, 0.3) is 5.91 Å². The Labute approximate surface area is 152 Å². The van der Waals surface area contributed by atoms with Crippen LogP contribution in [-0.2, 0) is 13.2 Å². The van der Waals surface area contributed by atoms with E-state index in [0.717, 1.165) is 16.4 Å². The first-order valence-corrected chi connectivity index (χ1v) is 7.94. The molecule has 0 fully saturated rings. The summed E-state index contributed by atoms with van der Waals surface area (Å²) in [4.78, 5) is 12.5. The number of halogens is 4. The zero-order valence-electron chi connectivity index (χ0n) is 14.4. The van der Waals surface area contributed by atoms with Crippen molar-refractivity contribution < 1.29 is 22.4 Å². The largest absolute Gasteiger partial charge is 0.435 e. The minimum absolute atomic E-state index is 0.323. The van der Waals surface area contributed by atoms with Gasteiger partial charge in [0.05, 0.1) is 5.56 Å². The molecule has 140 valence electrons. The van der Waals surface area contributed by atoms with Gasteiger partial charge in [0.15, 0.2) is 5.69 Å². The maximum absolute atomic E-state index is 13.2. The van der Waals surface area contributed by atoms with Gasteiger partial charge in [0, 0.05) is 24.5 Å². The standard InChI is InChI=1S/C19H15F4N3O/c1-11-4-3-5-15(16(11)12-6-8-13(20)9-7-12)24-18(27)14-10-26(2)25-17(14)19(21,22)23/h3-10H,1-2H3,(H,24,27). The van der Waals surface area contributed by atoms with Crippen molar-refractivity contribution in [3.05, 3.63) is 71.3 Å². The summed E-state index contributed by atoms with van der Waals surface area (Å²) in [5, 5.41) is 5.86. The molecule has 0 spiro atoms. The highest BCUT2D eigenvalue weighted by Gasteiger charge is 2.39. The van der Waals surface area contributed by atoms with E-state index in [-0.39, 0.29) is 0 Å². The van der Waals surface area contributed by atoms with E-state index in [1.165, 1.54) is 19.2 Å². The van der Waals surface area contributed by atoms with E-state index in [2.05, 4.69) is 10.4 Å².